The molecular weight excluding hydrogens is 230 g/mol. The molecule has 0 aromatic heterocycles. The van der Waals surface area contributed by atoms with Crippen LogP contribution in [0.1, 0.15) is 38.2 Å². The van der Waals surface area contributed by atoms with Crippen molar-refractivity contribution in [1.82, 2.24) is 0 Å². The highest BCUT2D eigenvalue weighted by Crippen LogP contribution is 2.23. The molecule has 0 spiro atoms. The van der Waals surface area contributed by atoms with Crippen molar-refractivity contribution < 1.29 is 4.79 Å². The van der Waals surface area contributed by atoms with E-state index in [0.29, 0.717) is 6.42 Å². The van der Waals surface area contributed by atoms with Crippen LogP contribution < -0.4 is 5.32 Å². The standard InChI is InChI=1S/C14H21NOS/c1-4-5-6-7-14(16)15-12-9-8-11(2)13(10-12)17-3/h8-10H,4-7H2,1-3H3,(H,15,16). The maximum absolute atomic E-state index is 11.7. The monoisotopic (exact) mass is 251 g/mol. The number of unbranched alkanes of at least 4 members (excludes halogenated alkanes) is 2. The van der Waals surface area contributed by atoms with Crippen LogP contribution in [0.25, 0.3) is 0 Å². The zero-order valence-corrected chi connectivity index (χ0v) is 11.7. The molecule has 1 aromatic carbocycles. The molecule has 0 aliphatic heterocycles. The van der Waals surface area contributed by atoms with E-state index in [4.69, 9.17) is 0 Å². The topological polar surface area (TPSA) is 29.1 Å². The molecule has 0 fully saturated rings. The Morgan fingerprint density at radius 3 is 2.76 bits per heavy atom. The largest absolute Gasteiger partial charge is 0.326 e. The molecule has 0 saturated heterocycles. The Bertz CT molecular complexity index is 376. The van der Waals surface area contributed by atoms with Crippen LogP contribution >= 0.6 is 11.8 Å². The molecule has 1 N–H and O–H groups in total. The molecule has 0 radical (unpaired) electrons. The zero-order chi connectivity index (χ0) is 12.7. The number of carbonyl (C=O) groups excluding carboxylic acids is 1. The maximum atomic E-state index is 11.7. The Morgan fingerprint density at radius 2 is 2.12 bits per heavy atom. The molecule has 0 aliphatic rings. The molecule has 1 aromatic rings. The quantitative estimate of drug-likeness (QED) is 0.605. The van der Waals surface area contributed by atoms with E-state index < -0.39 is 0 Å². The SMILES string of the molecule is CCCCCC(=O)Nc1ccc(C)c(SC)c1. The van der Waals surface area contributed by atoms with Crippen LogP contribution in [-0.2, 0) is 4.79 Å². The number of nitrogens with one attached hydrogen (secondary N) is 1. The molecule has 0 atom stereocenters. The number of hydrogen-bond donors (Lipinski definition) is 1. The summed E-state index contributed by atoms with van der Waals surface area (Å²) >= 11 is 1.71. The first kappa shape index (κ1) is 14.1. The summed E-state index contributed by atoms with van der Waals surface area (Å²) in [6.07, 6.45) is 5.92. The molecule has 94 valence electrons. The van der Waals surface area contributed by atoms with Crippen molar-refractivity contribution in [3.63, 3.8) is 0 Å². The number of carbonyl (C=O) groups is 1. The summed E-state index contributed by atoms with van der Waals surface area (Å²) in [5.41, 5.74) is 2.16. The van der Waals surface area contributed by atoms with Gasteiger partial charge in [-0.25, -0.2) is 0 Å². The Balaban J connectivity index is 2.53. The third kappa shape index (κ3) is 4.82. The van der Waals surface area contributed by atoms with Gasteiger partial charge in [-0.05, 0) is 37.3 Å². The average Bonchev–Trinajstić information content (AvgIpc) is 2.32. The van der Waals surface area contributed by atoms with Crippen LogP contribution in [-0.4, -0.2) is 12.2 Å². The highest BCUT2D eigenvalue weighted by atomic mass is 32.2. The first-order chi connectivity index (χ1) is 8.17. The van der Waals surface area contributed by atoms with Crippen molar-refractivity contribution in [3.8, 4) is 0 Å². The van der Waals surface area contributed by atoms with Gasteiger partial charge in [0.2, 0.25) is 5.91 Å². The minimum Gasteiger partial charge on any atom is -0.326 e. The van der Waals surface area contributed by atoms with Gasteiger partial charge in [-0.15, -0.1) is 11.8 Å². The average molecular weight is 251 g/mol. The predicted molar refractivity (Wildman–Crippen MR) is 75.7 cm³/mol. The molecule has 1 rings (SSSR count). The molecule has 0 bridgehead atoms. The minimum atomic E-state index is 0.120. The molecule has 17 heavy (non-hydrogen) atoms. The van der Waals surface area contributed by atoms with Gasteiger partial charge < -0.3 is 5.32 Å². The lowest BCUT2D eigenvalue weighted by molar-refractivity contribution is -0.116. The van der Waals surface area contributed by atoms with Gasteiger partial charge in [-0.2, -0.15) is 0 Å². The fourth-order valence-corrected chi connectivity index (χ4v) is 2.29. The summed E-state index contributed by atoms with van der Waals surface area (Å²) in [5.74, 6) is 0.120. The van der Waals surface area contributed by atoms with Crippen LogP contribution in [0.3, 0.4) is 0 Å². The third-order valence-electron chi connectivity index (χ3n) is 2.70. The number of amides is 1. The first-order valence-electron chi connectivity index (χ1n) is 6.12. The normalized spacial score (nSPS) is 10.3. The van der Waals surface area contributed by atoms with Crippen LogP contribution in [0.5, 0.6) is 0 Å². The lowest BCUT2D eigenvalue weighted by atomic mass is 10.2. The molecule has 0 aliphatic carbocycles. The lowest BCUT2D eigenvalue weighted by Crippen LogP contribution is -2.11. The Morgan fingerprint density at radius 1 is 1.35 bits per heavy atom. The van der Waals surface area contributed by atoms with Crippen molar-refractivity contribution in [3.05, 3.63) is 23.8 Å². The number of benzene rings is 1. The number of hydrogen-bond acceptors (Lipinski definition) is 2. The smallest absolute Gasteiger partial charge is 0.224 e. The number of aryl methyl sites for hydroxylation is 1. The van der Waals surface area contributed by atoms with Gasteiger partial charge in [0.05, 0.1) is 0 Å². The zero-order valence-electron chi connectivity index (χ0n) is 10.9. The molecular formula is C14H21NOS. The van der Waals surface area contributed by atoms with Crippen LogP contribution in [0.4, 0.5) is 5.69 Å². The number of rotatable bonds is 6. The van der Waals surface area contributed by atoms with Crippen molar-refractivity contribution >= 4 is 23.4 Å². The first-order valence-corrected chi connectivity index (χ1v) is 7.34. The van der Waals surface area contributed by atoms with E-state index in [1.807, 2.05) is 18.2 Å². The fraction of sp³-hybridized carbons (Fsp3) is 0.500. The van der Waals surface area contributed by atoms with Gasteiger partial charge in [-0.3, -0.25) is 4.79 Å². The van der Waals surface area contributed by atoms with Crippen molar-refractivity contribution in [2.24, 2.45) is 0 Å². The van der Waals surface area contributed by atoms with Crippen molar-refractivity contribution in [1.29, 1.82) is 0 Å². The van der Waals surface area contributed by atoms with Crippen LogP contribution in [0.15, 0.2) is 23.1 Å². The van der Waals surface area contributed by atoms with Gasteiger partial charge in [-0.1, -0.05) is 25.8 Å². The molecule has 1 amide bonds. The highest BCUT2D eigenvalue weighted by Gasteiger charge is 2.04. The summed E-state index contributed by atoms with van der Waals surface area (Å²) in [5, 5.41) is 2.95. The van der Waals surface area contributed by atoms with Crippen molar-refractivity contribution in [2.45, 2.75) is 44.4 Å². The number of thioether (sulfide) groups is 1. The van der Waals surface area contributed by atoms with Gasteiger partial charge in [0, 0.05) is 17.0 Å². The fourth-order valence-electron chi connectivity index (χ4n) is 1.66. The Labute approximate surface area is 108 Å². The van der Waals surface area contributed by atoms with E-state index >= 15 is 0 Å². The second-order valence-corrected chi connectivity index (χ2v) is 5.04. The second kappa shape index (κ2) is 7.38. The highest BCUT2D eigenvalue weighted by molar-refractivity contribution is 7.98. The minimum absolute atomic E-state index is 0.120. The summed E-state index contributed by atoms with van der Waals surface area (Å²) in [6, 6.07) is 6.05. The van der Waals surface area contributed by atoms with E-state index in [0.717, 1.165) is 24.9 Å². The van der Waals surface area contributed by atoms with Gasteiger partial charge in [0.15, 0.2) is 0 Å². The van der Waals surface area contributed by atoms with E-state index in [1.165, 1.54) is 10.5 Å². The molecule has 0 heterocycles. The second-order valence-electron chi connectivity index (χ2n) is 4.19. The molecule has 0 unspecified atom stereocenters. The Hall–Kier alpha value is -0.960. The van der Waals surface area contributed by atoms with E-state index in [1.54, 1.807) is 11.8 Å². The predicted octanol–water partition coefficient (Wildman–Crippen LogP) is 4.24. The molecule has 3 heteroatoms. The van der Waals surface area contributed by atoms with Crippen LogP contribution in [0.2, 0.25) is 0 Å². The third-order valence-corrected chi connectivity index (χ3v) is 3.58. The number of anilines is 1. The van der Waals surface area contributed by atoms with Crippen LogP contribution in [0, 0.1) is 6.92 Å². The summed E-state index contributed by atoms with van der Waals surface area (Å²) in [4.78, 5) is 12.9. The van der Waals surface area contributed by atoms with Gasteiger partial charge in [0.25, 0.3) is 0 Å². The summed E-state index contributed by atoms with van der Waals surface area (Å²) in [6.45, 7) is 4.22. The molecule has 0 saturated carbocycles. The Kier molecular flexibility index (Phi) is 6.12. The maximum Gasteiger partial charge on any atom is 0.224 e. The lowest BCUT2D eigenvalue weighted by Gasteiger charge is -2.08. The van der Waals surface area contributed by atoms with Crippen molar-refractivity contribution in [2.75, 3.05) is 11.6 Å². The molecule has 2 nitrogen and oxygen atoms in total. The summed E-state index contributed by atoms with van der Waals surface area (Å²) in [7, 11) is 0. The van der Waals surface area contributed by atoms with E-state index in [-0.39, 0.29) is 5.91 Å². The summed E-state index contributed by atoms with van der Waals surface area (Å²) < 4.78 is 0. The van der Waals surface area contributed by atoms with Gasteiger partial charge >= 0.3 is 0 Å². The van der Waals surface area contributed by atoms with Gasteiger partial charge in [0.1, 0.15) is 0 Å². The van der Waals surface area contributed by atoms with E-state index in [9.17, 15) is 4.79 Å². The van der Waals surface area contributed by atoms with E-state index in [2.05, 4.69) is 25.4 Å².